The molecule has 1 fully saturated rings. The molecule has 0 unspecified atom stereocenters. The van der Waals surface area contributed by atoms with Crippen LogP contribution in [0, 0.1) is 11.7 Å². The average molecular weight is 293 g/mol. The van der Waals surface area contributed by atoms with Crippen LogP contribution in [0.2, 0.25) is 0 Å². The fourth-order valence-corrected chi connectivity index (χ4v) is 2.60. The number of hydrogen-bond donors (Lipinski definition) is 1. The van der Waals surface area contributed by atoms with Gasteiger partial charge in [-0.1, -0.05) is 26.0 Å². The number of amides is 1. The standard InChI is InChI=1S/C16H24FN3O/c1-13(2)11-19-7-9-20(10-8-19)12-16(21)18-15-6-4-3-5-14(15)17/h3-6,13H,7-12H2,1-2H3,(H,18,21). The molecular weight excluding hydrogens is 269 g/mol. The molecule has 1 heterocycles. The molecule has 1 aliphatic heterocycles. The molecule has 1 N–H and O–H groups in total. The summed E-state index contributed by atoms with van der Waals surface area (Å²) in [5.41, 5.74) is 0.251. The van der Waals surface area contributed by atoms with Crippen molar-refractivity contribution in [2.45, 2.75) is 13.8 Å². The van der Waals surface area contributed by atoms with Gasteiger partial charge >= 0.3 is 0 Å². The van der Waals surface area contributed by atoms with Crippen LogP contribution in [0.1, 0.15) is 13.8 Å². The van der Waals surface area contributed by atoms with E-state index in [4.69, 9.17) is 0 Å². The van der Waals surface area contributed by atoms with E-state index >= 15 is 0 Å². The van der Waals surface area contributed by atoms with Crippen molar-refractivity contribution in [1.29, 1.82) is 0 Å². The number of halogens is 1. The fraction of sp³-hybridized carbons (Fsp3) is 0.562. The Labute approximate surface area is 125 Å². The molecule has 1 aliphatic rings. The van der Waals surface area contributed by atoms with Crippen LogP contribution in [0.5, 0.6) is 0 Å². The van der Waals surface area contributed by atoms with E-state index in [-0.39, 0.29) is 11.6 Å². The number of para-hydroxylation sites is 1. The molecule has 2 rings (SSSR count). The summed E-state index contributed by atoms with van der Waals surface area (Å²) in [5, 5.41) is 2.63. The van der Waals surface area contributed by atoms with E-state index in [0.29, 0.717) is 12.5 Å². The zero-order valence-corrected chi connectivity index (χ0v) is 12.8. The van der Waals surface area contributed by atoms with E-state index in [2.05, 4.69) is 29.0 Å². The zero-order chi connectivity index (χ0) is 15.2. The fourth-order valence-electron chi connectivity index (χ4n) is 2.60. The summed E-state index contributed by atoms with van der Waals surface area (Å²) in [6.45, 7) is 9.62. The minimum absolute atomic E-state index is 0.155. The van der Waals surface area contributed by atoms with E-state index in [1.54, 1.807) is 18.2 Å². The molecule has 0 aromatic heterocycles. The Bertz CT molecular complexity index is 470. The lowest BCUT2D eigenvalue weighted by Gasteiger charge is -2.35. The second-order valence-corrected chi connectivity index (χ2v) is 6.00. The summed E-state index contributed by atoms with van der Waals surface area (Å²) in [4.78, 5) is 16.5. The summed E-state index contributed by atoms with van der Waals surface area (Å²) in [6, 6.07) is 6.25. The van der Waals surface area contributed by atoms with Crippen LogP contribution in [0.3, 0.4) is 0 Å². The molecule has 0 atom stereocenters. The molecule has 0 radical (unpaired) electrons. The van der Waals surface area contributed by atoms with Crippen molar-refractivity contribution in [2.24, 2.45) is 5.92 Å². The predicted molar refractivity (Wildman–Crippen MR) is 82.7 cm³/mol. The van der Waals surface area contributed by atoms with Crippen LogP contribution < -0.4 is 5.32 Å². The van der Waals surface area contributed by atoms with Crippen LogP contribution >= 0.6 is 0 Å². The second-order valence-electron chi connectivity index (χ2n) is 6.00. The van der Waals surface area contributed by atoms with Crippen LogP contribution in [0.25, 0.3) is 0 Å². The summed E-state index contributed by atoms with van der Waals surface area (Å²) in [5.74, 6) is 0.117. The van der Waals surface area contributed by atoms with E-state index in [9.17, 15) is 9.18 Å². The van der Waals surface area contributed by atoms with Crippen molar-refractivity contribution in [3.63, 3.8) is 0 Å². The summed E-state index contributed by atoms with van der Waals surface area (Å²) < 4.78 is 13.5. The van der Waals surface area contributed by atoms with E-state index in [0.717, 1.165) is 32.7 Å². The number of carbonyl (C=O) groups excluding carboxylic acids is 1. The Kier molecular flexibility index (Phi) is 5.70. The number of anilines is 1. The maximum atomic E-state index is 13.5. The van der Waals surface area contributed by atoms with Crippen molar-refractivity contribution in [1.82, 2.24) is 9.80 Å². The normalized spacial score (nSPS) is 17.1. The zero-order valence-electron chi connectivity index (χ0n) is 12.8. The maximum Gasteiger partial charge on any atom is 0.238 e. The van der Waals surface area contributed by atoms with Gasteiger partial charge in [0.1, 0.15) is 5.82 Å². The predicted octanol–water partition coefficient (Wildman–Crippen LogP) is 2.04. The van der Waals surface area contributed by atoms with E-state index in [1.165, 1.54) is 6.07 Å². The van der Waals surface area contributed by atoms with Crippen molar-refractivity contribution < 1.29 is 9.18 Å². The number of hydrogen-bond acceptors (Lipinski definition) is 3. The van der Waals surface area contributed by atoms with Gasteiger partial charge in [0.25, 0.3) is 0 Å². The molecule has 0 saturated carbocycles. The van der Waals surface area contributed by atoms with Gasteiger partial charge in [0, 0.05) is 32.7 Å². The Hall–Kier alpha value is -1.46. The maximum absolute atomic E-state index is 13.5. The molecular formula is C16H24FN3O. The van der Waals surface area contributed by atoms with Crippen LogP contribution in [0.4, 0.5) is 10.1 Å². The Morgan fingerprint density at radius 3 is 2.43 bits per heavy atom. The minimum atomic E-state index is -0.396. The molecule has 1 amide bonds. The topological polar surface area (TPSA) is 35.6 Å². The third kappa shape index (κ3) is 5.10. The van der Waals surface area contributed by atoms with Gasteiger partial charge in [-0.25, -0.2) is 4.39 Å². The molecule has 116 valence electrons. The molecule has 21 heavy (non-hydrogen) atoms. The van der Waals surface area contributed by atoms with E-state index in [1.807, 2.05) is 0 Å². The van der Waals surface area contributed by atoms with Gasteiger partial charge in [-0.2, -0.15) is 0 Å². The molecule has 1 aromatic rings. The third-order valence-electron chi connectivity index (χ3n) is 3.60. The molecule has 4 nitrogen and oxygen atoms in total. The Morgan fingerprint density at radius 2 is 1.81 bits per heavy atom. The van der Waals surface area contributed by atoms with Crippen LogP contribution in [-0.2, 0) is 4.79 Å². The molecule has 0 spiro atoms. The van der Waals surface area contributed by atoms with Gasteiger partial charge in [-0.05, 0) is 18.1 Å². The largest absolute Gasteiger partial charge is 0.322 e. The van der Waals surface area contributed by atoms with Crippen molar-refractivity contribution >= 4 is 11.6 Å². The highest BCUT2D eigenvalue weighted by molar-refractivity contribution is 5.92. The molecule has 1 aromatic carbocycles. The average Bonchev–Trinajstić information content (AvgIpc) is 2.43. The Balaban J connectivity index is 1.76. The Morgan fingerprint density at radius 1 is 1.19 bits per heavy atom. The van der Waals surface area contributed by atoms with Crippen molar-refractivity contribution in [3.8, 4) is 0 Å². The number of benzene rings is 1. The third-order valence-corrected chi connectivity index (χ3v) is 3.60. The quantitative estimate of drug-likeness (QED) is 0.902. The number of nitrogens with one attached hydrogen (secondary N) is 1. The first kappa shape index (κ1) is 15.9. The van der Waals surface area contributed by atoms with Crippen molar-refractivity contribution in [3.05, 3.63) is 30.1 Å². The highest BCUT2D eigenvalue weighted by Crippen LogP contribution is 2.12. The smallest absolute Gasteiger partial charge is 0.238 e. The molecule has 0 aliphatic carbocycles. The summed E-state index contributed by atoms with van der Waals surface area (Å²) >= 11 is 0. The first-order valence-corrected chi connectivity index (χ1v) is 7.53. The number of piperazine rings is 1. The van der Waals surface area contributed by atoms with Gasteiger partial charge in [0.15, 0.2) is 0 Å². The highest BCUT2D eigenvalue weighted by Gasteiger charge is 2.19. The lowest BCUT2D eigenvalue weighted by Crippen LogP contribution is -2.49. The number of nitrogens with zero attached hydrogens (tertiary/aromatic N) is 2. The molecule has 5 heteroatoms. The summed E-state index contributed by atoms with van der Waals surface area (Å²) in [7, 11) is 0. The lowest BCUT2D eigenvalue weighted by molar-refractivity contribution is -0.117. The number of rotatable bonds is 5. The molecule has 0 bridgehead atoms. The van der Waals surface area contributed by atoms with Gasteiger partial charge in [-0.15, -0.1) is 0 Å². The molecule has 1 saturated heterocycles. The van der Waals surface area contributed by atoms with Gasteiger partial charge in [0.2, 0.25) is 5.91 Å². The van der Waals surface area contributed by atoms with Gasteiger partial charge < -0.3 is 10.2 Å². The number of carbonyl (C=O) groups is 1. The minimum Gasteiger partial charge on any atom is -0.322 e. The first-order valence-electron chi connectivity index (χ1n) is 7.53. The monoisotopic (exact) mass is 293 g/mol. The SMILES string of the molecule is CC(C)CN1CCN(CC(=O)Nc2ccccc2F)CC1. The summed E-state index contributed by atoms with van der Waals surface area (Å²) in [6.07, 6.45) is 0. The van der Waals surface area contributed by atoms with Gasteiger partial charge in [-0.3, -0.25) is 9.69 Å². The van der Waals surface area contributed by atoms with Crippen LogP contribution in [-0.4, -0.2) is 55.0 Å². The lowest BCUT2D eigenvalue weighted by atomic mass is 10.2. The van der Waals surface area contributed by atoms with Crippen molar-refractivity contribution in [2.75, 3.05) is 44.6 Å². The van der Waals surface area contributed by atoms with E-state index < -0.39 is 5.82 Å². The highest BCUT2D eigenvalue weighted by atomic mass is 19.1. The first-order chi connectivity index (χ1) is 10.0. The van der Waals surface area contributed by atoms with Gasteiger partial charge in [0.05, 0.1) is 12.2 Å². The second kappa shape index (κ2) is 7.52. The van der Waals surface area contributed by atoms with Crippen LogP contribution in [0.15, 0.2) is 24.3 Å².